The molecule has 1 aromatic heterocycles. The molecule has 0 N–H and O–H groups in total. The zero-order chi connectivity index (χ0) is 23.3. The van der Waals surface area contributed by atoms with Crippen LogP contribution in [0.15, 0.2) is 47.1 Å². The Balaban J connectivity index is 1.78. The molecule has 1 aliphatic rings. The molecule has 0 saturated carbocycles. The topological polar surface area (TPSA) is 106 Å². The molecule has 172 valence electrons. The van der Waals surface area contributed by atoms with E-state index in [0.717, 1.165) is 12.8 Å². The standard InChI is InChI=1S/C23H29N3O6/c1-23(2,3)25(22(28)17-8-10-18(11-9-17)26(29)30)16-21(27)24(14-19-6-4-12-31-19)15-20-7-5-13-32-20/h4,6,8-12,20H,5,7,13-16H2,1-3H3. The molecule has 1 saturated heterocycles. The highest BCUT2D eigenvalue weighted by molar-refractivity contribution is 5.97. The van der Waals surface area contributed by atoms with Crippen LogP contribution in [-0.4, -0.2) is 57.9 Å². The van der Waals surface area contributed by atoms with Gasteiger partial charge >= 0.3 is 0 Å². The van der Waals surface area contributed by atoms with Crippen LogP contribution in [0.1, 0.15) is 49.7 Å². The van der Waals surface area contributed by atoms with E-state index in [1.54, 1.807) is 23.3 Å². The van der Waals surface area contributed by atoms with Crippen molar-refractivity contribution in [2.24, 2.45) is 0 Å². The number of carbonyl (C=O) groups is 2. The third-order valence-corrected chi connectivity index (χ3v) is 5.40. The van der Waals surface area contributed by atoms with Gasteiger partial charge in [-0.15, -0.1) is 0 Å². The second-order valence-corrected chi connectivity index (χ2v) is 8.85. The fraction of sp³-hybridized carbons (Fsp3) is 0.478. The average molecular weight is 444 g/mol. The number of non-ortho nitro benzene ring substituents is 1. The lowest BCUT2D eigenvalue weighted by Gasteiger charge is -2.37. The molecule has 2 amide bonds. The number of nitro groups is 1. The molecule has 9 nitrogen and oxygen atoms in total. The van der Waals surface area contributed by atoms with Gasteiger partial charge in [-0.1, -0.05) is 0 Å². The Hall–Kier alpha value is -3.20. The van der Waals surface area contributed by atoms with Gasteiger partial charge in [0.05, 0.1) is 23.8 Å². The van der Waals surface area contributed by atoms with Crippen molar-refractivity contribution in [3.63, 3.8) is 0 Å². The number of furan rings is 1. The number of hydrogen-bond acceptors (Lipinski definition) is 6. The molecule has 0 bridgehead atoms. The number of nitrogens with zero attached hydrogens (tertiary/aromatic N) is 3. The lowest BCUT2D eigenvalue weighted by molar-refractivity contribution is -0.384. The summed E-state index contributed by atoms with van der Waals surface area (Å²) in [4.78, 5) is 40.1. The van der Waals surface area contributed by atoms with Crippen molar-refractivity contribution in [2.45, 2.75) is 51.8 Å². The number of carbonyl (C=O) groups excluding carboxylic acids is 2. The van der Waals surface area contributed by atoms with Gasteiger partial charge < -0.3 is 19.0 Å². The minimum atomic E-state index is -0.644. The quantitative estimate of drug-likeness (QED) is 0.456. The van der Waals surface area contributed by atoms with E-state index in [4.69, 9.17) is 9.15 Å². The lowest BCUT2D eigenvalue weighted by Crippen LogP contribution is -2.51. The fourth-order valence-corrected chi connectivity index (χ4v) is 3.61. The van der Waals surface area contributed by atoms with E-state index in [2.05, 4.69) is 0 Å². The third kappa shape index (κ3) is 5.94. The number of ether oxygens (including phenoxy) is 1. The van der Waals surface area contributed by atoms with Gasteiger partial charge in [-0.3, -0.25) is 19.7 Å². The predicted molar refractivity (Wildman–Crippen MR) is 117 cm³/mol. The minimum absolute atomic E-state index is 0.0395. The number of rotatable bonds is 8. The van der Waals surface area contributed by atoms with Crippen LogP contribution >= 0.6 is 0 Å². The minimum Gasteiger partial charge on any atom is -0.467 e. The first-order chi connectivity index (χ1) is 15.1. The normalized spacial score (nSPS) is 16.0. The van der Waals surface area contributed by atoms with E-state index in [1.165, 1.54) is 29.2 Å². The van der Waals surface area contributed by atoms with Gasteiger partial charge in [-0.2, -0.15) is 0 Å². The van der Waals surface area contributed by atoms with E-state index in [1.807, 2.05) is 20.8 Å². The molecule has 2 aromatic rings. The molecule has 1 fully saturated rings. The van der Waals surface area contributed by atoms with Gasteiger partial charge in [-0.25, -0.2) is 0 Å². The molecule has 32 heavy (non-hydrogen) atoms. The van der Waals surface area contributed by atoms with Crippen molar-refractivity contribution in [1.29, 1.82) is 0 Å². The molecule has 1 aliphatic heterocycles. The maximum absolute atomic E-state index is 13.3. The van der Waals surface area contributed by atoms with Crippen LogP contribution in [0.4, 0.5) is 5.69 Å². The second kappa shape index (κ2) is 9.95. The lowest BCUT2D eigenvalue weighted by atomic mass is 10.0. The Morgan fingerprint density at radius 3 is 2.44 bits per heavy atom. The second-order valence-electron chi connectivity index (χ2n) is 8.85. The number of hydrogen-bond donors (Lipinski definition) is 0. The molecule has 1 aromatic carbocycles. The van der Waals surface area contributed by atoms with Crippen molar-refractivity contribution >= 4 is 17.5 Å². The van der Waals surface area contributed by atoms with Gasteiger partial charge in [0, 0.05) is 36.4 Å². The van der Waals surface area contributed by atoms with Crippen molar-refractivity contribution in [3.8, 4) is 0 Å². The monoisotopic (exact) mass is 443 g/mol. The van der Waals surface area contributed by atoms with Crippen LogP contribution < -0.4 is 0 Å². The van der Waals surface area contributed by atoms with E-state index < -0.39 is 10.5 Å². The zero-order valence-corrected chi connectivity index (χ0v) is 18.7. The summed E-state index contributed by atoms with van der Waals surface area (Å²) in [6, 6.07) is 8.98. The largest absolute Gasteiger partial charge is 0.467 e. The summed E-state index contributed by atoms with van der Waals surface area (Å²) in [6.07, 6.45) is 3.36. The number of benzene rings is 1. The molecule has 0 spiro atoms. The van der Waals surface area contributed by atoms with Crippen LogP contribution in [0, 0.1) is 10.1 Å². The van der Waals surface area contributed by atoms with Crippen LogP contribution in [0.25, 0.3) is 0 Å². The zero-order valence-electron chi connectivity index (χ0n) is 18.7. The first kappa shape index (κ1) is 23.5. The fourth-order valence-electron chi connectivity index (χ4n) is 3.61. The van der Waals surface area contributed by atoms with E-state index in [9.17, 15) is 19.7 Å². The molecule has 1 atom stereocenters. The van der Waals surface area contributed by atoms with Crippen molar-refractivity contribution in [3.05, 3.63) is 64.1 Å². The first-order valence-corrected chi connectivity index (χ1v) is 10.6. The van der Waals surface area contributed by atoms with Crippen LogP contribution in [0.2, 0.25) is 0 Å². The number of nitro benzene ring substituents is 1. The molecule has 0 radical (unpaired) electrons. The first-order valence-electron chi connectivity index (χ1n) is 10.6. The van der Waals surface area contributed by atoms with Crippen LogP contribution in [-0.2, 0) is 16.1 Å². The Morgan fingerprint density at radius 2 is 1.91 bits per heavy atom. The average Bonchev–Trinajstić information content (AvgIpc) is 3.44. The third-order valence-electron chi connectivity index (χ3n) is 5.40. The van der Waals surface area contributed by atoms with Gasteiger partial charge in [0.25, 0.3) is 11.6 Å². The summed E-state index contributed by atoms with van der Waals surface area (Å²) in [6.45, 7) is 6.80. The van der Waals surface area contributed by atoms with Crippen LogP contribution in [0.3, 0.4) is 0 Å². The Morgan fingerprint density at radius 1 is 1.19 bits per heavy atom. The van der Waals surface area contributed by atoms with Gasteiger partial charge in [0.2, 0.25) is 5.91 Å². The predicted octanol–water partition coefficient (Wildman–Crippen LogP) is 3.64. The van der Waals surface area contributed by atoms with Gasteiger partial charge in [0.15, 0.2) is 0 Å². The molecule has 0 aliphatic carbocycles. The van der Waals surface area contributed by atoms with Gasteiger partial charge in [-0.05, 0) is 57.9 Å². The number of amides is 2. The maximum Gasteiger partial charge on any atom is 0.269 e. The molecule has 1 unspecified atom stereocenters. The smallest absolute Gasteiger partial charge is 0.269 e. The van der Waals surface area contributed by atoms with E-state index in [0.29, 0.717) is 18.9 Å². The summed E-state index contributed by atoms with van der Waals surface area (Å²) < 4.78 is 11.1. The highest BCUT2D eigenvalue weighted by Crippen LogP contribution is 2.21. The van der Waals surface area contributed by atoms with Crippen molar-refractivity contribution in [2.75, 3.05) is 19.7 Å². The van der Waals surface area contributed by atoms with Crippen molar-refractivity contribution in [1.82, 2.24) is 9.80 Å². The summed E-state index contributed by atoms with van der Waals surface area (Å²) in [5.74, 6) is 0.0678. The summed E-state index contributed by atoms with van der Waals surface area (Å²) in [5, 5.41) is 10.9. The van der Waals surface area contributed by atoms with E-state index >= 15 is 0 Å². The summed E-state index contributed by atoms with van der Waals surface area (Å²) in [5.41, 5.74) is -0.453. The summed E-state index contributed by atoms with van der Waals surface area (Å²) in [7, 11) is 0. The summed E-state index contributed by atoms with van der Waals surface area (Å²) >= 11 is 0. The maximum atomic E-state index is 13.3. The van der Waals surface area contributed by atoms with Gasteiger partial charge in [0.1, 0.15) is 12.3 Å². The van der Waals surface area contributed by atoms with E-state index in [-0.39, 0.29) is 42.3 Å². The van der Waals surface area contributed by atoms with Crippen LogP contribution in [0.5, 0.6) is 0 Å². The molecular formula is C23H29N3O6. The van der Waals surface area contributed by atoms with Crippen molar-refractivity contribution < 1.29 is 23.7 Å². The Labute approximate surface area is 187 Å². The highest BCUT2D eigenvalue weighted by atomic mass is 16.6. The molecule has 9 heteroatoms. The Kier molecular flexibility index (Phi) is 7.29. The highest BCUT2D eigenvalue weighted by Gasteiger charge is 2.32. The molecular weight excluding hydrogens is 414 g/mol. The molecule has 2 heterocycles. The Bertz CT molecular complexity index is 928. The SMILES string of the molecule is CC(C)(C)N(CC(=O)N(Cc1ccco1)CC1CCCO1)C(=O)c1ccc([N+](=O)[O-])cc1. The molecule has 3 rings (SSSR count).